The minimum absolute atomic E-state index is 0.186. The normalized spacial score (nSPS) is 11.8. The Labute approximate surface area is 92.8 Å². The fourth-order valence-electron chi connectivity index (χ4n) is 1.29. The van der Waals surface area contributed by atoms with Crippen LogP contribution >= 0.6 is 0 Å². The molecule has 0 spiro atoms. The molecule has 0 unspecified atom stereocenters. The summed E-state index contributed by atoms with van der Waals surface area (Å²) in [6.45, 7) is 0. The van der Waals surface area contributed by atoms with Gasteiger partial charge in [-0.05, 0) is 11.6 Å². The SMILES string of the molecule is N=C(N)Nc1ccccc1C[C@H](N)C(=O)O. The molecule has 0 aromatic heterocycles. The Kier molecular flexibility index (Phi) is 3.84. The van der Waals surface area contributed by atoms with E-state index in [0.29, 0.717) is 11.3 Å². The van der Waals surface area contributed by atoms with Crippen LogP contribution in [0.3, 0.4) is 0 Å². The fraction of sp³-hybridized carbons (Fsp3) is 0.200. The first kappa shape index (κ1) is 12.0. The lowest BCUT2D eigenvalue weighted by Crippen LogP contribution is -2.32. The van der Waals surface area contributed by atoms with Crippen molar-refractivity contribution >= 4 is 17.6 Å². The number of hydrogen-bond acceptors (Lipinski definition) is 3. The second-order valence-corrected chi connectivity index (χ2v) is 3.34. The molecule has 6 heteroatoms. The van der Waals surface area contributed by atoms with Gasteiger partial charge in [-0.2, -0.15) is 0 Å². The van der Waals surface area contributed by atoms with E-state index in [9.17, 15) is 4.79 Å². The van der Waals surface area contributed by atoms with Gasteiger partial charge in [-0.3, -0.25) is 10.2 Å². The largest absolute Gasteiger partial charge is 0.480 e. The number of anilines is 1. The smallest absolute Gasteiger partial charge is 0.320 e. The standard InChI is InChI=1S/C10H14N4O2/c11-7(9(15)16)5-6-3-1-2-4-8(6)14-10(12)13/h1-4,7H,5,11H2,(H,15,16)(H4,12,13,14)/t7-/m0/s1. The first-order valence-electron chi connectivity index (χ1n) is 4.68. The van der Waals surface area contributed by atoms with Crippen LogP contribution in [0.4, 0.5) is 5.69 Å². The number of para-hydroxylation sites is 1. The molecule has 7 N–H and O–H groups in total. The third kappa shape index (κ3) is 3.25. The number of nitrogens with two attached hydrogens (primary N) is 2. The van der Waals surface area contributed by atoms with E-state index in [1.54, 1.807) is 24.3 Å². The highest BCUT2D eigenvalue weighted by Gasteiger charge is 2.14. The molecule has 0 aliphatic carbocycles. The van der Waals surface area contributed by atoms with E-state index in [1.165, 1.54) is 0 Å². The third-order valence-electron chi connectivity index (χ3n) is 2.04. The van der Waals surface area contributed by atoms with Crippen molar-refractivity contribution in [2.45, 2.75) is 12.5 Å². The van der Waals surface area contributed by atoms with Gasteiger partial charge >= 0.3 is 5.97 Å². The Morgan fingerprint density at radius 1 is 1.50 bits per heavy atom. The summed E-state index contributed by atoms with van der Waals surface area (Å²) in [7, 11) is 0. The summed E-state index contributed by atoms with van der Waals surface area (Å²) in [4.78, 5) is 10.6. The van der Waals surface area contributed by atoms with E-state index in [1.807, 2.05) is 0 Å². The summed E-state index contributed by atoms with van der Waals surface area (Å²) >= 11 is 0. The van der Waals surface area contributed by atoms with E-state index in [-0.39, 0.29) is 12.4 Å². The van der Waals surface area contributed by atoms with E-state index in [0.717, 1.165) is 0 Å². The van der Waals surface area contributed by atoms with E-state index in [4.69, 9.17) is 22.0 Å². The predicted octanol–water partition coefficient (Wildman–Crippen LogP) is -0.0536. The maximum atomic E-state index is 10.6. The van der Waals surface area contributed by atoms with E-state index in [2.05, 4.69) is 5.32 Å². The van der Waals surface area contributed by atoms with Crippen LogP contribution in [0, 0.1) is 5.41 Å². The predicted molar refractivity (Wildman–Crippen MR) is 61.3 cm³/mol. The van der Waals surface area contributed by atoms with Crippen LogP contribution in [0.5, 0.6) is 0 Å². The molecule has 0 heterocycles. The van der Waals surface area contributed by atoms with E-state index < -0.39 is 12.0 Å². The molecule has 86 valence electrons. The molecule has 0 saturated carbocycles. The zero-order valence-corrected chi connectivity index (χ0v) is 8.60. The van der Waals surface area contributed by atoms with Crippen LogP contribution in [0.15, 0.2) is 24.3 Å². The maximum absolute atomic E-state index is 10.6. The molecule has 1 atom stereocenters. The molecule has 0 saturated heterocycles. The molecular formula is C10H14N4O2. The molecule has 1 aromatic carbocycles. The van der Waals surface area contributed by atoms with Crippen LogP contribution < -0.4 is 16.8 Å². The summed E-state index contributed by atoms with van der Waals surface area (Å²) in [6.07, 6.45) is 0.186. The second-order valence-electron chi connectivity index (χ2n) is 3.34. The summed E-state index contributed by atoms with van der Waals surface area (Å²) < 4.78 is 0. The number of aliphatic carboxylic acids is 1. The highest BCUT2D eigenvalue weighted by molar-refractivity contribution is 5.90. The van der Waals surface area contributed by atoms with Crippen molar-refractivity contribution in [1.82, 2.24) is 0 Å². The molecule has 6 nitrogen and oxygen atoms in total. The van der Waals surface area contributed by atoms with Gasteiger partial charge in [0.25, 0.3) is 0 Å². The van der Waals surface area contributed by atoms with Crippen LogP contribution in [0.1, 0.15) is 5.56 Å². The van der Waals surface area contributed by atoms with Crippen molar-refractivity contribution in [2.75, 3.05) is 5.32 Å². The first-order chi connectivity index (χ1) is 7.50. The molecule has 0 fully saturated rings. The lowest BCUT2D eigenvalue weighted by atomic mass is 10.0. The van der Waals surface area contributed by atoms with Gasteiger partial charge < -0.3 is 21.9 Å². The molecule has 0 aliphatic rings. The van der Waals surface area contributed by atoms with Gasteiger partial charge in [0.15, 0.2) is 5.96 Å². The average molecular weight is 222 g/mol. The minimum atomic E-state index is -1.06. The summed E-state index contributed by atoms with van der Waals surface area (Å²) in [5.41, 5.74) is 12.0. The molecule has 0 radical (unpaired) electrons. The number of carbonyl (C=O) groups is 1. The van der Waals surface area contributed by atoms with Gasteiger partial charge in [-0.1, -0.05) is 18.2 Å². The monoisotopic (exact) mass is 222 g/mol. The Hall–Kier alpha value is -2.08. The highest BCUT2D eigenvalue weighted by Crippen LogP contribution is 2.16. The maximum Gasteiger partial charge on any atom is 0.320 e. The highest BCUT2D eigenvalue weighted by atomic mass is 16.4. The number of nitrogens with one attached hydrogen (secondary N) is 2. The molecule has 1 rings (SSSR count). The Morgan fingerprint density at radius 3 is 2.69 bits per heavy atom. The number of carboxylic acids is 1. The quantitative estimate of drug-likeness (QED) is 0.360. The number of hydrogen-bond donors (Lipinski definition) is 5. The van der Waals surface area contributed by atoms with Gasteiger partial charge in [0.2, 0.25) is 0 Å². The van der Waals surface area contributed by atoms with Crippen molar-refractivity contribution < 1.29 is 9.90 Å². The number of carboxylic acid groups (broad SMARTS) is 1. The van der Waals surface area contributed by atoms with Gasteiger partial charge in [-0.15, -0.1) is 0 Å². The van der Waals surface area contributed by atoms with Gasteiger partial charge in [0.05, 0.1) is 0 Å². The Balaban J connectivity index is 2.86. The molecule has 0 aliphatic heterocycles. The molecular weight excluding hydrogens is 208 g/mol. The van der Waals surface area contributed by atoms with Crippen LogP contribution in [-0.2, 0) is 11.2 Å². The molecule has 16 heavy (non-hydrogen) atoms. The molecule has 1 aromatic rings. The number of rotatable bonds is 4. The zero-order chi connectivity index (χ0) is 12.1. The van der Waals surface area contributed by atoms with Crippen molar-refractivity contribution in [3.63, 3.8) is 0 Å². The van der Waals surface area contributed by atoms with Gasteiger partial charge in [-0.25, -0.2) is 0 Å². The number of benzene rings is 1. The first-order valence-corrected chi connectivity index (χ1v) is 4.68. The molecule has 0 amide bonds. The summed E-state index contributed by atoms with van der Waals surface area (Å²) in [5.74, 6) is -1.26. The summed E-state index contributed by atoms with van der Waals surface area (Å²) in [6, 6.07) is 6.03. The third-order valence-corrected chi connectivity index (χ3v) is 2.04. The van der Waals surface area contributed by atoms with Crippen molar-refractivity contribution in [2.24, 2.45) is 11.5 Å². The van der Waals surface area contributed by atoms with E-state index >= 15 is 0 Å². The van der Waals surface area contributed by atoms with Crippen LogP contribution in [0.2, 0.25) is 0 Å². The summed E-state index contributed by atoms with van der Waals surface area (Å²) in [5, 5.41) is 18.4. The van der Waals surface area contributed by atoms with Gasteiger partial charge in [0, 0.05) is 12.1 Å². The second kappa shape index (κ2) is 5.13. The number of guanidine groups is 1. The average Bonchev–Trinajstić information content (AvgIpc) is 2.20. The molecule has 0 bridgehead atoms. The van der Waals surface area contributed by atoms with Crippen LogP contribution in [-0.4, -0.2) is 23.1 Å². The topological polar surface area (TPSA) is 125 Å². The van der Waals surface area contributed by atoms with Crippen LogP contribution in [0.25, 0.3) is 0 Å². The Morgan fingerprint density at radius 2 is 2.12 bits per heavy atom. The lowest BCUT2D eigenvalue weighted by molar-refractivity contribution is -0.138. The van der Waals surface area contributed by atoms with Crippen molar-refractivity contribution in [1.29, 1.82) is 5.41 Å². The van der Waals surface area contributed by atoms with Crippen molar-refractivity contribution in [3.05, 3.63) is 29.8 Å². The van der Waals surface area contributed by atoms with Gasteiger partial charge in [0.1, 0.15) is 6.04 Å². The van der Waals surface area contributed by atoms with Crippen molar-refractivity contribution in [3.8, 4) is 0 Å². The fourth-order valence-corrected chi connectivity index (χ4v) is 1.29. The zero-order valence-electron chi connectivity index (χ0n) is 8.60. The lowest BCUT2D eigenvalue weighted by Gasteiger charge is -2.12. The Bertz CT molecular complexity index is 406. The minimum Gasteiger partial charge on any atom is -0.480 e.